The van der Waals surface area contributed by atoms with Gasteiger partial charge in [-0.1, -0.05) is 84.9 Å². The SMILES string of the molecule is CC1=Cc2ccccc2C1[Si](C)(C)C1C(C)=Cc2ccccc21.[Zr]. The van der Waals surface area contributed by atoms with Gasteiger partial charge < -0.3 is 0 Å². The van der Waals surface area contributed by atoms with Gasteiger partial charge in [0.25, 0.3) is 0 Å². The van der Waals surface area contributed by atoms with Gasteiger partial charge in [-0.05, 0) is 36.1 Å². The van der Waals surface area contributed by atoms with Crippen molar-refractivity contribution in [2.75, 3.05) is 0 Å². The van der Waals surface area contributed by atoms with Crippen molar-refractivity contribution < 1.29 is 26.2 Å². The van der Waals surface area contributed by atoms with Crippen molar-refractivity contribution >= 4 is 20.2 Å². The zero-order valence-electron chi connectivity index (χ0n) is 14.9. The molecule has 0 saturated carbocycles. The Morgan fingerprint density at radius 2 is 1.04 bits per heavy atom. The van der Waals surface area contributed by atoms with Crippen LogP contribution in [0.25, 0.3) is 12.2 Å². The second kappa shape index (κ2) is 6.39. The topological polar surface area (TPSA) is 0 Å². The van der Waals surface area contributed by atoms with E-state index in [0.717, 1.165) is 0 Å². The van der Waals surface area contributed by atoms with Crippen LogP contribution < -0.4 is 0 Å². The van der Waals surface area contributed by atoms with Crippen molar-refractivity contribution in [3.8, 4) is 0 Å². The third kappa shape index (κ3) is 2.59. The summed E-state index contributed by atoms with van der Waals surface area (Å²) in [6.07, 6.45) is 4.82. The van der Waals surface area contributed by atoms with Crippen molar-refractivity contribution in [2.24, 2.45) is 0 Å². The van der Waals surface area contributed by atoms with Gasteiger partial charge in [-0.15, -0.1) is 0 Å². The van der Waals surface area contributed by atoms with Crippen LogP contribution >= 0.6 is 0 Å². The van der Waals surface area contributed by atoms with E-state index >= 15 is 0 Å². The summed E-state index contributed by atoms with van der Waals surface area (Å²) >= 11 is 0. The summed E-state index contributed by atoms with van der Waals surface area (Å²) in [5, 5.41) is 0. The smallest absolute Gasteiger partial charge is 0.0679 e. The Morgan fingerprint density at radius 3 is 1.46 bits per heavy atom. The Kier molecular flexibility index (Phi) is 4.75. The number of fused-ring (bicyclic) bond motifs is 2. The number of rotatable bonds is 2. The quantitative estimate of drug-likeness (QED) is 0.522. The van der Waals surface area contributed by atoms with Crippen LogP contribution in [0.5, 0.6) is 0 Å². The first-order chi connectivity index (χ1) is 11.0. The fraction of sp³-hybridized carbons (Fsp3) is 0.273. The van der Waals surface area contributed by atoms with Gasteiger partial charge in [0.2, 0.25) is 0 Å². The molecule has 2 atom stereocenters. The molecular weight excluding hydrogens is 384 g/mol. The number of hydrogen-bond acceptors (Lipinski definition) is 0. The molecule has 0 saturated heterocycles. The minimum Gasteiger partial charge on any atom is -0.0679 e. The first-order valence-electron chi connectivity index (χ1n) is 8.54. The van der Waals surface area contributed by atoms with Crippen molar-refractivity contribution in [1.82, 2.24) is 0 Å². The molecular formula is C22H24SiZr. The van der Waals surface area contributed by atoms with E-state index in [4.69, 9.17) is 0 Å². The van der Waals surface area contributed by atoms with E-state index in [1.165, 1.54) is 11.1 Å². The van der Waals surface area contributed by atoms with Crippen LogP contribution in [0.4, 0.5) is 0 Å². The molecule has 0 fully saturated rings. The third-order valence-corrected chi connectivity index (χ3v) is 10.3. The second-order valence-electron chi connectivity index (χ2n) is 7.72. The molecule has 0 aliphatic heterocycles. The normalized spacial score (nSPS) is 21.5. The molecule has 0 heterocycles. The fourth-order valence-corrected chi connectivity index (χ4v) is 10.1. The minimum absolute atomic E-state index is 0. The minimum atomic E-state index is -1.60. The molecule has 0 spiro atoms. The molecule has 0 aromatic heterocycles. The zero-order chi connectivity index (χ0) is 16.2. The van der Waals surface area contributed by atoms with E-state index < -0.39 is 8.07 Å². The Balaban J connectivity index is 0.00000169. The summed E-state index contributed by atoms with van der Waals surface area (Å²) in [7, 11) is -1.60. The maximum Gasteiger partial charge on any atom is 0.0722 e. The first kappa shape index (κ1) is 17.8. The van der Waals surface area contributed by atoms with Crippen LogP contribution in [0.2, 0.25) is 13.1 Å². The van der Waals surface area contributed by atoms with Gasteiger partial charge in [-0.25, -0.2) is 0 Å². The molecule has 2 aromatic rings. The standard InChI is InChI=1S/C22H24Si.Zr/c1-15-13-17-9-5-7-11-19(17)21(15)23(3,4)22-16(2)14-18-10-6-8-12-20(18)22;/h5-14,21-22H,1-4H3;. The largest absolute Gasteiger partial charge is 0.0722 e. The molecule has 2 aromatic carbocycles. The molecule has 0 N–H and O–H groups in total. The molecule has 2 aliphatic rings. The van der Waals surface area contributed by atoms with Crippen LogP contribution in [0.15, 0.2) is 59.7 Å². The Hall–Kier alpha value is -0.980. The van der Waals surface area contributed by atoms with E-state index in [1.807, 2.05) is 0 Å². The van der Waals surface area contributed by atoms with E-state index in [-0.39, 0.29) is 26.2 Å². The molecule has 0 amide bonds. The summed E-state index contributed by atoms with van der Waals surface area (Å²) in [6, 6.07) is 18.0. The van der Waals surface area contributed by atoms with Gasteiger partial charge in [0.15, 0.2) is 0 Å². The van der Waals surface area contributed by atoms with Gasteiger partial charge in [0.1, 0.15) is 0 Å². The molecule has 2 heteroatoms. The molecule has 24 heavy (non-hydrogen) atoms. The Morgan fingerprint density at radius 1 is 0.667 bits per heavy atom. The van der Waals surface area contributed by atoms with Crippen LogP contribution in [0.3, 0.4) is 0 Å². The van der Waals surface area contributed by atoms with Crippen LogP contribution in [0, 0.1) is 0 Å². The van der Waals surface area contributed by atoms with E-state index in [1.54, 1.807) is 22.3 Å². The van der Waals surface area contributed by atoms with Gasteiger partial charge in [0, 0.05) is 37.3 Å². The molecule has 0 nitrogen and oxygen atoms in total. The first-order valence-corrected chi connectivity index (χ1v) is 11.7. The van der Waals surface area contributed by atoms with Gasteiger partial charge in [-0.2, -0.15) is 0 Å². The number of benzene rings is 2. The van der Waals surface area contributed by atoms with Crippen LogP contribution in [0.1, 0.15) is 47.2 Å². The Bertz CT molecular complexity index is 775. The predicted molar refractivity (Wildman–Crippen MR) is 103 cm³/mol. The molecule has 0 bridgehead atoms. The fourth-order valence-electron chi connectivity index (χ4n) is 5.10. The van der Waals surface area contributed by atoms with Crippen molar-refractivity contribution in [2.45, 2.75) is 38.0 Å². The van der Waals surface area contributed by atoms with E-state index in [0.29, 0.717) is 11.1 Å². The van der Waals surface area contributed by atoms with Crippen LogP contribution in [-0.4, -0.2) is 8.07 Å². The maximum atomic E-state index is 2.58. The van der Waals surface area contributed by atoms with Gasteiger partial charge >= 0.3 is 0 Å². The van der Waals surface area contributed by atoms with Crippen molar-refractivity contribution in [3.05, 3.63) is 81.9 Å². The third-order valence-electron chi connectivity index (χ3n) is 5.78. The molecule has 2 unspecified atom stereocenters. The molecule has 4 rings (SSSR count). The zero-order valence-corrected chi connectivity index (χ0v) is 18.4. The van der Waals surface area contributed by atoms with Gasteiger partial charge in [0.05, 0.1) is 8.07 Å². The Labute approximate surface area is 165 Å². The van der Waals surface area contributed by atoms with Gasteiger partial charge in [-0.3, -0.25) is 0 Å². The maximum absolute atomic E-state index is 2.58. The second-order valence-corrected chi connectivity index (χ2v) is 12.5. The average Bonchev–Trinajstić information content (AvgIpc) is 3.02. The monoisotopic (exact) mass is 406 g/mol. The van der Waals surface area contributed by atoms with Crippen molar-refractivity contribution in [1.29, 1.82) is 0 Å². The number of hydrogen-bond donors (Lipinski definition) is 0. The summed E-state index contributed by atoms with van der Waals surface area (Å²) in [5.41, 5.74) is 10.3. The van der Waals surface area contributed by atoms with E-state index in [9.17, 15) is 0 Å². The van der Waals surface area contributed by atoms with E-state index in [2.05, 4.69) is 87.6 Å². The molecule has 0 radical (unpaired) electrons. The summed E-state index contributed by atoms with van der Waals surface area (Å²) < 4.78 is 0. The summed E-state index contributed by atoms with van der Waals surface area (Å²) in [5.74, 6) is 0. The van der Waals surface area contributed by atoms with Crippen LogP contribution in [-0.2, 0) is 26.2 Å². The predicted octanol–water partition coefficient (Wildman–Crippen LogP) is 6.17. The summed E-state index contributed by atoms with van der Waals surface area (Å²) in [6.45, 7) is 9.83. The molecule has 120 valence electrons. The summed E-state index contributed by atoms with van der Waals surface area (Å²) in [4.78, 5) is 0. The number of allylic oxidation sites excluding steroid dienone is 2. The average molecular weight is 408 g/mol. The van der Waals surface area contributed by atoms with Crippen molar-refractivity contribution in [3.63, 3.8) is 0 Å². The molecule has 2 aliphatic carbocycles.